The van der Waals surface area contributed by atoms with E-state index in [2.05, 4.69) is 5.32 Å². The standard InChI is InChI=1S/C21H22N2O6/c1-27-17-10-14(11-18(12-17)28-2)21(26)29-13-19(24)22-15-5-7-16(8-6-15)23-9-3-4-20(23)25/h5-8,10-12H,3-4,9,13H2,1-2H3,(H,22,24). The van der Waals surface area contributed by atoms with Gasteiger partial charge < -0.3 is 24.4 Å². The van der Waals surface area contributed by atoms with Crippen molar-refractivity contribution in [3.05, 3.63) is 48.0 Å². The third-order valence-corrected chi connectivity index (χ3v) is 4.46. The van der Waals surface area contributed by atoms with Gasteiger partial charge in [-0.1, -0.05) is 0 Å². The van der Waals surface area contributed by atoms with E-state index in [-0.39, 0.29) is 11.5 Å². The summed E-state index contributed by atoms with van der Waals surface area (Å²) in [5.41, 5.74) is 1.56. The fourth-order valence-electron chi connectivity index (χ4n) is 2.98. The molecule has 1 fully saturated rings. The molecular weight excluding hydrogens is 376 g/mol. The molecule has 1 N–H and O–H groups in total. The highest BCUT2D eigenvalue weighted by Gasteiger charge is 2.21. The first-order valence-corrected chi connectivity index (χ1v) is 9.10. The van der Waals surface area contributed by atoms with Crippen LogP contribution >= 0.6 is 0 Å². The Labute approximate surface area is 168 Å². The maximum Gasteiger partial charge on any atom is 0.338 e. The van der Waals surface area contributed by atoms with Gasteiger partial charge in [-0.15, -0.1) is 0 Å². The van der Waals surface area contributed by atoms with E-state index in [1.807, 2.05) is 0 Å². The normalized spacial score (nSPS) is 13.2. The minimum Gasteiger partial charge on any atom is -0.497 e. The number of methoxy groups -OCH3 is 2. The van der Waals surface area contributed by atoms with E-state index < -0.39 is 18.5 Å². The van der Waals surface area contributed by atoms with Crippen molar-refractivity contribution < 1.29 is 28.6 Å². The maximum absolute atomic E-state index is 12.2. The SMILES string of the molecule is COc1cc(OC)cc(C(=O)OCC(=O)Nc2ccc(N3CCCC3=O)cc2)c1. The quantitative estimate of drug-likeness (QED) is 0.721. The summed E-state index contributed by atoms with van der Waals surface area (Å²) < 4.78 is 15.3. The average Bonchev–Trinajstić information content (AvgIpc) is 3.18. The summed E-state index contributed by atoms with van der Waals surface area (Å²) in [7, 11) is 2.95. The molecule has 0 atom stereocenters. The van der Waals surface area contributed by atoms with Gasteiger partial charge in [0.15, 0.2) is 6.61 Å². The molecule has 1 saturated heterocycles. The van der Waals surface area contributed by atoms with Crippen molar-refractivity contribution >= 4 is 29.2 Å². The average molecular weight is 398 g/mol. The van der Waals surface area contributed by atoms with E-state index in [1.54, 1.807) is 35.2 Å². The summed E-state index contributed by atoms with van der Waals surface area (Å²) in [6.45, 7) is 0.264. The van der Waals surface area contributed by atoms with Gasteiger partial charge in [0.25, 0.3) is 5.91 Å². The van der Waals surface area contributed by atoms with E-state index in [9.17, 15) is 14.4 Å². The van der Waals surface area contributed by atoms with Crippen molar-refractivity contribution in [2.24, 2.45) is 0 Å². The molecule has 0 bridgehead atoms. The first-order chi connectivity index (χ1) is 14.0. The molecule has 0 saturated carbocycles. The first-order valence-electron chi connectivity index (χ1n) is 9.10. The summed E-state index contributed by atoms with van der Waals surface area (Å²) in [5.74, 6) is -0.157. The molecule has 1 heterocycles. The molecule has 0 spiro atoms. The van der Waals surface area contributed by atoms with Crippen LogP contribution in [0.25, 0.3) is 0 Å². The van der Waals surface area contributed by atoms with Crippen LogP contribution in [0, 0.1) is 0 Å². The molecule has 8 nitrogen and oxygen atoms in total. The number of amides is 2. The number of carbonyl (C=O) groups excluding carboxylic acids is 3. The van der Waals surface area contributed by atoms with Crippen molar-refractivity contribution in [2.45, 2.75) is 12.8 Å². The van der Waals surface area contributed by atoms with Crippen molar-refractivity contribution in [2.75, 3.05) is 37.6 Å². The molecule has 1 aliphatic rings. The first kappa shape index (κ1) is 20.2. The number of ether oxygens (including phenoxy) is 3. The minimum absolute atomic E-state index is 0.0999. The lowest BCUT2D eigenvalue weighted by Crippen LogP contribution is -2.23. The highest BCUT2D eigenvalue weighted by molar-refractivity contribution is 5.97. The molecule has 2 aromatic rings. The second kappa shape index (κ2) is 9.09. The van der Waals surface area contributed by atoms with Crippen LogP contribution < -0.4 is 19.7 Å². The largest absolute Gasteiger partial charge is 0.497 e. The smallest absolute Gasteiger partial charge is 0.338 e. The Morgan fingerprint density at radius 2 is 1.69 bits per heavy atom. The topological polar surface area (TPSA) is 94.2 Å². The summed E-state index contributed by atoms with van der Waals surface area (Å²) in [5, 5.41) is 2.65. The van der Waals surface area contributed by atoms with Gasteiger partial charge in [-0.3, -0.25) is 9.59 Å². The van der Waals surface area contributed by atoms with Gasteiger partial charge in [0.1, 0.15) is 11.5 Å². The number of esters is 1. The van der Waals surface area contributed by atoms with Gasteiger partial charge in [0.05, 0.1) is 19.8 Å². The molecule has 2 amide bonds. The van der Waals surface area contributed by atoms with Gasteiger partial charge in [-0.25, -0.2) is 4.79 Å². The Morgan fingerprint density at radius 3 is 2.24 bits per heavy atom. The molecule has 0 unspecified atom stereocenters. The van der Waals surface area contributed by atoms with Gasteiger partial charge in [-0.2, -0.15) is 0 Å². The Hall–Kier alpha value is -3.55. The fourth-order valence-corrected chi connectivity index (χ4v) is 2.98. The molecular formula is C21H22N2O6. The number of nitrogens with zero attached hydrogens (tertiary/aromatic N) is 1. The van der Waals surface area contributed by atoms with Gasteiger partial charge in [-0.05, 0) is 42.8 Å². The predicted molar refractivity (Wildman–Crippen MR) is 106 cm³/mol. The van der Waals surface area contributed by atoms with Crippen molar-refractivity contribution in [3.8, 4) is 11.5 Å². The second-order valence-electron chi connectivity index (χ2n) is 6.42. The van der Waals surface area contributed by atoms with Gasteiger partial charge in [0.2, 0.25) is 5.91 Å². The zero-order valence-electron chi connectivity index (χ0n) is 16.3. The van der Waals surface area contributed by atoms with Gasteiger partial charge in [0, 0.05) is 30.4 Å². The Kier molecular flexibility index (Phi) is 6.33. The summed E-state index contributed by atoms with van der Waals surface area (Å²) in [6, 6.07) is 11.6. The molecule has 3 rings (SSSR count). The molecule has 8 heteroatoms. The monoisotopic (exact) mass is 398 g/mol. The maximum atomic E-state index is 12.2. The van der Waals surface area contributed by atoms with Gasteiger partial charge >= 0.3 is 5.97 Å². The Balaban J connectivity index is 1.54. The van der Waals surface area contributed by atoms with Crippen molar-refractivity contribution in [1.82, 2.24) is 0 Å². The fraction of sp³-hybridized carbons (Fsp3) is 0.286. The number of hydrogen-bond donors (Lipinski definition) is 1. The number of rotatable bonds is 7. The van der Waals surface area contributed by atoms with Crippen LogP contribution in [0.5, 0.6) is 11.5 Å². The molecule has 0 aliphatic carbocycles. The van der Waals surface area contributed by atoms with Crippen LogP contribution in [0.2, 0.25) is 0 Å². The van der Waals surface area contributed by atoms with E-state index in [4.69, 9.17) is 14.2 Å². The van der Waals surface area contributed by atoms with Crippen LogP contribution in [0.3, 0.4) is 0 Å². The molecule has 29 heavy (non-hydrogen) atoms. The van der Waals surface area contributed by atoms with Crippen molar-refractivity contribution in [1.29, 1.82) is 0 Å². The van der Waals surface area contributed by atoms with Crippen LogP contribution in [0.1, 0.15) is 23.2 Å². The predicted octanol–water partition coefficient (Wildman–Crippen LogP) is 2.63. The lowest BCUT2D eigenvalue weighted by molar-refractivity contribution is -0.119. The van der Waals surface area contributed by atoms with Crippen LogP contribution in [-0.2, 0) is 14.3 Å². The summed E-state index contributed by atoms with van der Waals surface area (Å²) in [6.07, 6.45) is 1.41. The summed E-state index contributed by atoms with van der Waals surface area (Å²) in [4.78, 5) is 37.8. The molecule has 0 radical (unpaired) electrons. The molecule has 152 valence electrons. The van der Waals surface area contributed by atoms with E-state index in [0.717, 1.165) is 12.1 Å². The molecule has 1 aliphatic heterocycles. The van der Waals surface area contributed by atoms with Crippen LogP contribution in [0.15, 0.2) is 42.5 Å². The Morgan fingerprint density at radius 1 is 1.03 bits per heavy atom. The second-order valence-corrected chi connectivity index (χ2v) is 6.42. The van der Waals surface area contributed by atoms with E-state index >= 15 is 0 Å². The highest BCUT2D eigenvalue weighted by atomic mass is 16.5. The van der Waals surface area contributed by atoms with E-state index in [1.165, 1.54) is 26.4 Å². The van der Waals surface area contributed by atoms with Crippen LogP contribution in [0.4, 0.5) is 11.4 Å². The third-order valence-electron chi connectivity index (χ3n) is 4.46. The lowest BCUT2D eigenvalue weighted by atomic mass is 10.2. The number of carbonyl (C=O) groups is 3. The zero-order valence-corrected chi connectivity index (χ0v) is 16.3. The van der Waals surface area contributed by atoms with Crippen LogP contribution in [-0.4, -0.2) is 45.2 Å². The minimum atomic E-state index is -0.666. The number of benzene rings is 2. The summed E-state index contributed by atoms with van der Waals surface area (Å²) >= 11 is 0. The lowest BCUT2D eigenvalue weighted by Gasteiger charge is -2.16. The highest BCUT2D eigenvalue weighted by Crippen LogP contribution is 2.24. The molecule has 0 aromatic heterocycles. The number of hydrogen-bond acceptors (Lipinski definition) is 6. The van der Waals surface area contributed by atoms with Crippen molar-refractivity contribution in [3.63, 3.8) is 0 Å². The zero-order chi connectivity index (χ0) is 20.8. The number of anilines is 2. The third kappa shape index (κ3) is 5.04. The molecule has 2 aromatic carbocycles. The van der Waals surface area contributed by atoms with E-state index in [0.29, 0.717) is 30.2 Å². The number of nitrogens with one attached hydrogen (secondary N) is 1. The Bertz CT molecular complexity index is 888.